The molecule has 1 atom stereocenters. The largest absolute Gasteiger partial charge is 0.379 e. The van der Waals surface area contributed by atoms with Crippen LogP contribution in [-0.2, 0) is 11.3 Å². The topological polar surface area (TPSA) is 30.3 Å². The molecular weight excluding hydrogens is 322 g/mol. The van der Waals surface area contributed by atoms with E-state index in [0.717, 1.165) is 37.9 Å². The Morgan fingerprint density at radius 3 is 2.69 bits per heavy atom. The number of hydrogen-bond acceptors (Lipinski definition) is 3. The van der Waals surface area contributed by atoms with Gasteiger partial charge in [0.25, 0.3) is 0 Å². The zero-order valence-electron chi connectivity index (χ0n) is 16.4. The lowest BCUT2D eigenvalue weighted by atomic mass is 9.95. The lowest BCUT2D eigenvalue weighted by Gasteiger charge is -2.31. The van der Waals surface area contributed by atoms with E-state index >= 15 is 0 Å². The Kier molecular flexibility index (Phi) is 5.14. The molecule has 0 N–H and O–H groups in total. The monoisotopic (exact) mass is 353 g/mol. The number of piperidine rings is 1. The van der Waals surface area contributed by atoms with E-state index in [0.29, 0.717) is 6.04 Å². The van der Waals surface area contributed by atoms with E-state index in [4.69, 9.17) is 9.72 Å². The average Bonchev–Trinajstić information content (AvgIpc) is 3.30. The second-order valence-electron chi connectivity index (χ2n) is 8.23. The van der Waals surface area contributed by atoms with Crippen LogP contribution in [0, 0.1) is 19.8 Å². The maximum absolute atomic E-state index is 5.60. The quantitative estimate of drug-likeness (QED) is 0.818. The van der Waals surface area contributed by atoms with E-state index < -0.39 is 0 Å². The van der Waals surface area contributed by atoms with Gasteiger partial charge in [0.1, 0.15) is 5.82 Å². The number of ether oxygens (including phenoxy) is 1. The Bertz CT molecular complexity index is 753. The molecule has 2 aliphatic heterocycles. The number of imidazole rings is 1. The molecule has 2 aliphatic rings. The molecule has 0 bridgehead atoms. The van der Waals surface area contributed by atoms with Gasteiger partial charge in [0, 0.05) is 31.1 Å². The van der Waals surface area contributed by atoms with E-state index in [1.54, 1.807) is 0 Å². The summed E-state index contributed by atoms with van der Waals surface area (Å²) >= 11 is 0. The smallest absolute Gasteiger partial charge is 0.140 e. The molecule has 0 amide bonds. The van der Waals surface area contributed by atoms with Gasteiger partial charge in [-0.1, -0.05) is 18.6 Å². The number of likely N-dealkylation sites (tertiary alicyclic amines) is 1. The van der Waals surface area contributed by atoms with Crippen molar-refractivity contribution in [3.8, 4) is 11.4 Å². The van der Waals surface area contributed by atoms with Gasteiger partial charge in [0.15, 0.2) is 0 Å². The SMILES string of the molecule is Cc1cc(CN2CCC(C)CC2)c(C)c(-c2nccn2C2CCOC2)c1. The third kappa shape index (κ3) is 3.58. The van der Waals surface area contributed by atoms with Crippen molar-refractivity contribution in [3.05, 3.63) is 41.2 Å². The predicted octanol–water partition coefficient (Wildman–Crippen LogP) is 4.36. The minimum absolute atomic E-state index is 0.416. The van der Waals surface area contributed by atoms with Crippen molar-refractivity contribution in [1.29, 1.82) is 0 Å². The highest BCUT2D eigenvalue weighted by Crippen LogP contribution is 2.31. The Morgan fingerprint density at radius 1 is 1.15 bits per heavy atom. The minimum atomic E-state index is 0.416. The maximum atomic E-state index is 5.60. The molecule has 4 rings (SSSR count). The van der Waals surface area contributed by atoms with Crippen LogP contribution in [0.25, 0.3) is 11.4 Å². The first kappa shape index (κ1) is 17.7. The van der Waals surface area contributed by atoms with Crippen molar-refractivity contribution in [2.75, 3.05) is 26.3 Å². The van der Waals surface area contributed by atoms with Gasteiger partial charge in [-0.3, -0.25) is 4.90 Å². The van der Waals surface area contributed by atoms with Crippen molar-refractivity contribution in [1.82, 2.24) is 14.5 Å². The third-order valence-electron chi connectivity index (χ3n) is 6.14. The van der Waals surface area contributed by atoms with Gasteiger partial charge in [0.05, 0.1) is 12.6 Å². The van der Waals surface area contributed by atoms with Gasteiger partial charge in [-0.2, -0.15) is 0 Å². The fourth-order valence-electron chi connectivity index (χ4n) is 4.35. The van der Waals surface area contributed by atoms with Gasteiger partial charge in [-0.25, -0.2) is 4.98 Å². The molecule has 4 heteroatoms. The van der Waals surface area contributed by atoms with E-state index in [1.165, 1.54) is 48.2 Å². The van der Waals surface area contributed by atoms with Crippen LogP contribution in [0.15, 0.2) is 24.5 Å². The van der Waals surface area contributed by atoms with Gasteiger partial charge >= 0.3 is 0 Å². The first-order valence-electron chi connectivity index (χ1n) is 10.0. The highest BCUT2D eigenvalue weighted by molar-refractivity contribution is 5.64. The van der Waals surface area contributed by atoms with Gasteiger partial charge in [-0.05, 0) is 69.3 Å². The molecule has 140 valence electrons. The summed E-state index contributed by atoms with van der Waals surface area (Å²) in [6, 6.07) is 5.08. The molecule has 0 aliphatic carbocycles. The second-order valence-corrected chi connectivity index (χ2v) is 8.23. The lowest BCUT2D eigenvalue weighted by molar-refractivity contribution is 0.185. The number of aryl methyl sites for hydroxylation is 1. The van der Waals surface area contributed by atoms with Crippen LogP contribution in [0.3, 0.4) is 0 Å². The second kappa shape index (κ2) is 7.53. The molecule has 4 nitrogen and oxygen atoms in total. The summed E-state index contributed by atoms with van der Waals surface area (Å²) < 4.78 is 7.92. The number of hydrogen-bond donors (Lipinski definition) is 0. The molecule has 2 aromatic rings. The van der Waals surface area contributed by atoms with Crippen molar-refractivity contribution < 1.29 is 4.74 Å². The third-order valence-corrected chi connectivity index (χ3v) is 6.14. The Morgan fingerprint density at radius 2 is 1.96 bits per heavy atom. The van der Waals surface area contributed by atoms with Crippen molar-refractivity contribution >= 4 is 0 Å². The molecule has 0 radical (unpaired) electrons. The fraction of sp³-hybridized carbons (Fsp3) is 0.591. The van der Waals surface area contributed by atoms with Crippen LogP contribution in [0.2, 0.25) is 0 Å². The number of benzene rings is 1. The van der Waals surface area contributed by atoms with E-state index in [9.17, 15) is 0 Å². The van der Waals surface area contributed by atoms with E-state index in [1.807, 2.05) is 6.20 Å². The zero-order chi connectivity index (χ0) is 18.1. The lowest BCUT2D eigenvalue weighted by Crippen LogP contribution is -2.32. The Hall–Kier alpha value is -1.65. The predicted molar refractivity (Wildman–Crippen MR) is 105 cm³/mol. The zero-order valence-corrected chi connectivity index (χ0v) is 16.4. The van der Waals surface area contributed by atoms with Crippen molar-refractivity contribution in [3.63, 3.8) is 0 Å². The van der Waals surface area contributed by atoms with Gasteiger partial charge in [0.2, 0.25) is 0 Å². The summed E-state index contributed by atoms with van der Waals surface area (Å²) in [4.78, 5) is 7.34. The molecule has 2 saturated heterocycles. The molecule has 3 heterocycles. The number of nitrogens with zero attached hydrogens (tertiary/aromatic N) is 3. The first-order valence-corrected chi connectivity index (χ1v) is 10.0. The van der Waals surface area contributed by atoms with Crippen LogP contribution < -0.4 is 0 Å². The van der Waals surface area contributed by atoms with Crippen LogP contribution in [-0.4, -0.2) is 40.8 Å². The molecule has 1 aromatic carbocycles. The maximum Gasteiger partial charge on any atom is 0.140 e. The summed E-state index contributed by atoms with van der Waals surface area (Å²) in [5.41, 5.74) is 5.43. The van der Waals surface area contributed by atoms with Gasteiger partial charge in [-0.15, -0.1) is 0 Å². The van der Waals surface area contributed by atoms with Crippen LogP contribution in [0.5, 0.6) is 0 Å². The highest BCUT2D eigenvalue weighted by atomic mass is 16.5. The average molecular weight is 354 g/mol. The van der Waals surface area contributed by atoms with E-state index in [-0.39, 0.29) is 0 Å². The molecular formula is C22H31N3O. The van der Waals surface area contributed by atoms with Gasteiger partial charge < -0.3 is 9.30 Å². The summed E-state index contributed by atoms with van der Waals surface area (Å²) in [5, 5.41) is 0. The number of aromatic nitrogens is 2. The highest BCUT2D eigenvalue weighted by Gasteiger charge is 2.23. The van der Waals surface area contributed by atoms with Crippen molar-refractivity contribution in [2.24, 2.45) is 5.92 Å². The standard InChI is InChI=1S/C22H31N3O/c1-16-4-8-24(9-5-16)14-19-12-17(2)13-21(18(19)3)22-23-7-10-25(22)20-6-11-26-15-20/h7,10,12-13,16,20H,4-6,8-9,11,14-15H2,1-3H3. The molecule has 1 unspecified atom stereocenters. The first-order chi connectivity index (χ1) is 12.6. The summed E-state index contributed by atoms with van der Waals surface area (Å²) in [6.07, 6.45) is 7.77. The van der Waals surface area contributed by atoms with Crippen LogP contribution in [0.1, 0.15) is 48.9 Å². The summed E-state index contributed by atoms with van der Waals surface area (Å²) in [6.45, 7) is 12.0. The molecule has 1 aromatic heterocycles. The summed E-state index contributed by atoms with van der Waals surface area (Å²) in [5.74, 6) is 1.97. The Labute approximate surface area is 157 Å². The van der Waals surface area contributed by atoms with E-state index in [2.05, 4.69) is 48.6 Å². The molecule has 0 spiro atoms. The molecule has 26 heavy (non-hydrogen) atoms. The molecule has 0 saturated carbocycles. The molecule has 2 fully saturated rings. The van der Waals surface area contributed by atoms with Crippen LogP contribution >= 0.6 is 0 Å². The normalized spacial score (nSPS) is 22.2. The van der Waals surface area contributed by atoms with Crippen molar-refractivity contribution in [2.45, 2.75) is 52.6 Å². The Balaban J connectivity index is 1.63. The minimum Gasteiger partial charge on any atom is -0.379 e. The fourth-order valence-corrected chi connectivity index (χ4v) is 4.35. The number of rotatable bonds is 4. The van der Waals surface area contributed by atoms with Crippen LogP contribution in [0.4, 0.5) is 0 Å². The summed E-state index contributed by atoms with van der Waals surface area (Å²) in [7, 11) is 0.